The number of nitrogens with one attached hydrogen (secondary N) is 1. The topological polar surface area (TPSA) is 75.4 Å². The second-order valence-electron chi connectivity index (χ2n) is 8.17. The molecule has 1 aromatic rings. The lowest BCUT2D eigenvalue weighted by Crippen LogP contribution is -2.39. The zero-order valence-corrected chi connectivity index (χ0v) is 17.8. The van der Waals surface area contributed by atoms with Crippen molar-refractivity contribution >= 4 is 11.8 Å². The Balaban J connectivity index is 1.98. The number of hydrogen-bond donors (Lipinski definition) is 2. The highest BCUT2D eigenvalue weighted by Crippen LogP contribution is 2.36. The van der Waals surface area contributed by atoms with Gasteiger partial charge in [0.25, 0.3) is 0 Å². The van der Waals surface area contributed by atoms with E-state index >= 15 is 0 Å². The van der Waals surface area contributed by atoms with Crippen LogP contribution in [0.25, 0.3) is 0 Å². The van der Waals surface area contributed by atoms with Crippen LogP contribution in [0.1, 0.15) is 80.9 Å². The normalized spacial score (nSPS) is 19.4. The van der Waals surface area contributed by atoms with E-state index in [2.05, 4.69) is 24.4 Å². The maximum atomic E-state index is 12.4. The lowest BCUT2D eigenvalue weighted by molar-refractivity contribution is -0.132. The van der Waals surface area contributed by atoms with Crippen LogP contribution < -0.4 is 11.1 Å². The van der Waals surface area contributed by atoms with Crippen molar-refractivity contribution in [2.45, 2.75) is 83.2 Å². The molecule has 0 atom stereocenters. The van der Waals surface area contributed by atoms with Gasteiger partial charge in [0, 0.05) is 26.1 Å². The van der Waals surface area contributed by atoms with Crippen LogP contribution in [0.3, 0.4) is 0 Å². The van der Waals surface area contributed by atoms with E-state index in [1.807, 2.05) is 25.1 Å². The summed E-state index contributed by atoms with van der Waals surface area (Å²) in [5, 5.41) is 3.24. The minimum absolute atomic E-state index is 0.286. The number of nitrogens with zero attached hydrogens (tertiary/aromatic N) is 1. The first-order chi connectivity index (χ1) is 13.5. The summed E-state index contributed by atoms with van der Waals surface area (Å²) in [5.41, 5.74) is 8.96. The smallest absolute Gasteiger partial charge is 0.222 e. The molecule has 0 spiro atoms. The number of carbonyl (C=O) groups is 2. The van der Waals surface area contributed by atoms with Crippen LogP contribution >= 0.6 is 0 Å². The summed E-state index contributed by atoms with van der Waals surface area (Å²) in [4.78, 5) is 25.6. The molecule has 1 saturated carbocycles. The predicted molar refractivity (Wildman–Crippen MR) is 114 cm³/mol. The molecular weight excluding hydrogens is 350 g/mol. The molecule has 0 heterocycles. The average Bonchev–Trinajstić information content (AvgIpc) is 2.68. The number of benzene rings is 1. The zero-order chi connectivity index (χ0) is 20.5. The third-order valence-corrected chi connectivity index (χ3v) is 6.02. The van der Waals surface area contributed by atoms with Gasteiger partial charge in [0.1, 0.15) is 0 Å². The van der Waals surface area contributed by atoms with Crippen molar-refractivity contribution < 1.29 is 9.59 Å². The molecule has 1 aliphatic carbocycles. The number of carbonyl (C=O) groups excluding carboxylic acids is 2. The van der Waals surface area contributed by atoms with Crippen LogP contribution in [-0.4, -0.2) is 36.9 Å². The molecule has 2 amide bonds. The van der Waals surface area contributed by atoms with Gasteiger partial charge in [0.2, 0.25) is 11.8 Å². The summed E-state index contributed by atoms with van der Waals surface area (Å²) >= 11 is 0. The largest absolute Gasteiger partial charge is 0.369 e. The van der Waals surface area contributed by atoms with E-state index in [9.17, 15) is 9.59 Å². The molecule has 0 bridgehead atoms. The summed E-state index contributed by atoms with van der Waals surface area (Å²) in [6.07, 6.45) is 8.56. The summed E-state index contributed by atoms with van der Waals surface area (Å²) < 4.78 is 0. The molecule has 3 N–H and O–H groups in total. The molecular formula is C23H37N3O2. The third kappa shape index (κ3) is 6.33. The third-order valence-electron chi connectivity index (χ3n) is 6.02. The molecule has 0 aliphatic heterocycles. The molecule has 0 saturated heterocycles. The lowest BCUT2D eigenvalue weighted by atomic mass is 9.79. The van der Waals surface area contributed by atoms with E-state index in [1.54, 1.807) is 0 Å². The van der Waals surface area contributed by atoms with Gasteiger partial charge in [-0.25, -0.2) is 0 Å². The highest BCUT2D eigenvalue weighted by Gasteiger charge is 2.28. The Morgan fingerprint density at radius 3 is 2.50 bits per heavy atom. The Morgan fingerprint density at radius 1 is 1.18 bits per heavy atom. The molecule has 1 aliphatic rings. The van der Waals surface area contributed by atoms with E-state index < -0.39 is 0 Å². The Kier molecular flexibility index (Phi) is 8.97. The standard InChI is InChI=1S/C23H37N3O2/c1-4-5-6-7-23(28)26(3)20-11-9-18(10-12-20)21-13-8-17(15-22(24)27)14-19(21)16-25-2/h8,13-14,18,20,25H,4-7,9-12,15-16H2,1-3H3,(H2,24,27)/t18-,20-. The fraction of sp³-hybridized carbons (Fsp3) is 0.652. The molecule has 1 aromatic carbocycles. The fourth-order valence-electron chi connectivity index (χ4n) is 4.39. The van der Waals surface area contributed by atoms with Crippen molar-refractivity contribution in [2.24, 2.45) is 5.73 Å². The van der Waals surface area contributed by atoms with E-state index in [4.69, 9.17) is 5.73 Å². The van der Waals surface area contributed by atoms with Crippen molar-refractivity contribution in [3.05, 3.63) is 34.9 Å². The highest BCUT2D eigenvalue weighted by molar-refractivity contribution is 5.77. The Bertz CT molecular complexity index is 651. The predicted octanol–water partition coefficient (Wildman–Crippen LogP) is 3.50. The van der Waals surface area contributed by atoms with Gasteiger partial charge in [-0.05, 0) is 61.8 Å². The Labute approximate surface area is 170 Å². The van der Waals surface area contributed by atoms with E-state index in [1.165, 1.54) is 11.1 Å². The van der Waals surface area contributed by atoms with Gasteiger partial charge in [-0.3, -0.25) is 9.59 Å². The number of unbranched alkanes of at least 4 members (excludes halogenated alkanes) is 2. The molecule has 0 aromatic heterocycles. The van der Waals surface area contributed by atoms with Crippen LogP contribution in [0.4, 0.5) is 0 Å². The molecule has 0 unspecified atom stereocenters. The molecule has 1 fully saturated rings. The molecule has 156 valence electrons. The van der Waals surface area contributed by atoms with Crippen molar-refractivity contribution in [3.63, 3.8) is 0 Å². The maximum absolute atomic E-state index is 12.4. The number of amides is 2. The average molecular weight is 388 g/mol. The van der Waals surface area contributed by atoms with Crippen LogP contribution in [0, 0.1) is 0 Å². The second kappa shape index (κ2) is 11.2. The van der Waals surface area contributed by atoms with Crippen LogP contribution in [0.5, 0.6) is 0 Å². The Morgan fingerprint density at radius 2 is 1.89 bits per heavy atom. The van der Waals surface area contributed by atoms with Crippen molar-refractivity contribution in [3.8, 4) is 0 Å². The first kappa shape index (κ1) is 22.4. The molecule has 5 nitrogen and oxygen atoms in total. The van der Waals surface area contributed by atoms with Crippen LogP contribution in [0.2, 0.25) is 0 Å². The minimum Gasteiger partial charge on any atom is -0.369 e. The van der Waals surface area contributed by atoms with Gasteiger partial charge in [-0.2, -0.15) is 0 Å². The van der Waals surface area contributed by atoms with Crippen LogP contribution in [0.15, 0.2) is 18.2 Å². The molecule has 2 rings (SSSR count). The monoisotopic (exact) mass is 387 g/mol. The first-order valence-electron chi connectivity index (χ1n) is 10.8. The maximum Gasteiger partial charge on any atom is 0.222 e. The number of hydrogen-bond acceptors (Lipinski definition) is 3. The number of nitrogens with two attached hydrogens (primary N) is 1. The zero-order valence-electron chi connectivity index (χ0n) is 17.8. The summed E-state index contributed by atoms with van der Waals surface area (Å²) in [6.45, 7) is 2.95. The van der Waals surface area contributed by atoms with Gasteiger partial charge in [0.15, 0.2) is 0 Å². The van der Waals surface area contributed by atoms with Crippen molar-refractivity contribution in [1.82, 2.24) is 10.2 Å². The molecule has 5 heteroatoms. The van der Waals surface area contributed by atoms with Crippen molar-refractivity contribution in [1.29, 1.82) is 0 Å². The summed E-state index contributed by atoms with van der Waals surface area (Å²) in [6, 6.07) is 6.70. The van der Waals surface area contributed by atoms with Gasteiger partial charge < -0.3 is 16.0 Å². The SMILES string of the molecule is CCCCCC(=O)N(C)[C@H]1CC[C@H](c2ccc(CC(N)=O)cc2CNC)CC1. The summed E-state index contributed by atoms with van der Waals surface area (Å²) in [7, 11) is 3.92. The minimum atomic E-state index is -0.296. The molecule has 28 heavy (non-hydrogen) atoms. The fourth-order valence-corrected chi connectivity index (χ4v) is 4.39. The van der Waals surface area contributed by atoms with Gasteiger partial charge in [0.05, 0.1) is 6.42 Å². The lowest BCUT2D eigenvalue weighted by Gasteiger charge is -2.35. The van der Waals surface area contributed by atoms with Crippen molar-refractivity contribution in [2.75, 3.05) is 14.1 Å². The van der Waals surface area contributed by atoms with Gasteiger partial charge in [-0.1, -0.05) is 38.0 Å². The van der Waals surface area contributed by atoms with E-state index in [-0.39, 0.29) is 12.3 Å². The molecule has 0 radical (unpaired) electrons. The summed E-state index contributed by atoms with van der Waals surface area (Å²) in [5.74, 6) is 0.518. The highest BCUT2D eigenvalue weighted by atomic mass is 16.2. The number of primary amides is 1. The number of rotatable bonds is 10. The first-order valence-corrected chi connectivity index (χ1v) is 10.8. The van der Waals surface area contributed by atoms with Gasteiger partial charge in [-0.15, -0.1) is 0 Å². The Hall–Kier alpha value is -1.88. The van der Waals surface area contributed by atoms with Gasteiger partial charge >= 0.3 is 0 Å². The van der Waals surface area contributed by atoms with Crippen LogP contribution in [-0.2, 0) is 22.6 Å². The van der Waals surface area contributed by atoms with E-state index in [0.717, 1.165) is 57.1 Å². The quantitative estimate of drug-likeness (QED) is 0.603. The second-order valence-corrected chi connectivity index (χ2v) is 8.17. The van der Waals surface area contributed by atoms with E-state index in [0.29, 0.717) is 24.3 Å².